The van der Waals surface area contributed by atoms with Gasteiger partial charge in [0.25, 0.3) is 0 Å². The molecule has 90 valence electrons. The molecule has 17 heavy (non-hydrogen) atoms. The zero-order chi connectivity index (χ0) is 12.4. The maximum Gasteiger partial charge on any atom is 0.0957 e. The van der Waals surface area contributed by atoms with Crippen LogP contribution in [0, 0.1) is 6.92 Å². The third-order valence-electron chi connectivity index (χ3n) is 2.60. The van der Waals surface area contributed by atoms with Crippen molar-refractivity contribution in [2.75, 3.05) is 0 Å². The van der Waals surface area contributed by atoms with Crippen molar-refractivity contribution in [1.29, 1.82) is 0 Å². The van der Waals surface area contributed by atoms with E-state index < -0.39 is 6.10 Å². The third-order valence-corrected chi connectivity index (χ3v) is 2.97. The summed E-state index contributed by atoms with van der Waals surface area (Å²) in [5.74, 6) is 0. The summed E-state index contributed by atoms with van der Waals surface area (Å²) in [7, 11) is 0. The number of halogens is 1. The van der Waals surface area contributed by atoms with Crippen molar-refractivity contribution < 1.29 is 5.11 Å². The standard InChI is InChI=1S/C12H14ClN3O/c1-3-12(17)11-5-4-9(6-14-11)16-7-10(13)8(2)15-16/h4-7,12,17H,3H2,1-2H3. The second kappa shape index (κ2) is 4.85. The first-order chi connectivity index (χ1) is 8.11. The molecule has 0 saturated carbocycles. The Morgan fingerprint density at radius 3 is 2.71 bits per heavy atom. The van der Waals surface area contributed by atoms with E-state index in [0.717, 1.165) is 11.4 Å². The molecule has 0 amide bonds. The molecule has 4 nitrogen and oxygen atoms in total. The number of pyridine rings is 1. The van der Waals surface area contributed by atoms with Crippen molar-refractivity contribution >= 4 is 11.6 Å². The summed E-state index contributed by atoms with van der Waals surface area (Å²) < 4.78 is 1.67. The molecule has 2 heterocycles. The fourth-order valence-electron chi connectivity index (χ4n) is 1.51. The molecule has 1 atom stereocenters. The number of hydrogen-bond donors (Lipinski definition) is 1. The van der Waals surface area contributed by atoms with E-state index in [2.05, 4.69) is 10.1 Å². The number of rotatable bonds is 3. The average molecular weight is 252 g/mol. The third kappa shape index (κ3) is 2.48. The van der Waals surface area contributed by atoms with Crippen LogP contribution in [-0.4, -0.2) is 19.9 Å². The van der Waals surface area contributed by atoms with E-state index in [-0.39, 0.29) is 0 Å². The summed E-state index contributed by atoms with van der Waals surface area (Å²) >= 11 is 5.94. The van der Waals surface area contributed by atoms with E-state index in [9.17, 15) is 5.11 Å². The molecule has 0 aliphatic heterocycles. The number of hydrogen-bond acceptors (Lipinski definition) is 3. The summed E-state index contributed by atoms with van der Waals surface area (Å²) in [4.78, 5) is 4.21. The Morgan fingerprint density at radius 2 is 2.24 bits per heavy atom. The number of aliphatic hydroxyl groups excluding tert-OH is 1. The van der Waals surface area contributed by atoms with Crippen molar-refractivity contribution in [3.8, 4) is 5.69 Å². The van der Waals surface area contributed by atoms with Gasteiger partial charge < -0.3 is 5.11 Å². The predicted octanol–water partition coefficient (Wildman–Crippen LogP) is 2.67. The maximum atomic E-state index is 9.63. The molecule has 1 N–H and O–H groups in total. The highest BCUT2D eigenvalue weighted by Crippen LogP contribution is 2.18. The number of aryl methyl sites for hydroxylation is 1. The van der Waals surface area contributed by atoms with Gasteiger partial charge in [-0.05, 0) is 25.5 Å². The first-order valence-corrected chi connectivity index (χ1v) is 5.85. The lowest BCUT2D eigenvalue weighted by Gasteiger charge is -2.07. The van der Waals surface area contributed by atoms with E-state index in [1.54, 1.807) is 23.1 Å². The molecule has 0 aromatic carbocycles. The largest absolute Gasteiger partial charge is 0.387 e. The van der Waals surface area contributed by atoms with Crippen LogP contribution in [0.15, 0.2) is 24.5 Å². The zero-order valence-corrected chi connectivity index (χ0v) is 10.5. The van der Waals surface area contributed by atoms with Gasteiger partial charge in [-0.2, -0.15) is 5.10 Å². The maximum absolute atomic E-state index is 9.63. The fraction of sp³-hybridized carbons (Fsp3) is 0.333. The van der Waals surface area contributed by atoms with E-state index in [0.29, 0.717) is 17.1 Å². The van der Waals surface area contributed by atoms with Gasteiger partial charge in [0, 0.05) is 6.20 Å². The molecule has 0 spiro atoms. The minimum atomic E-state index is -0.507. The van der Waals surface area contributed by atoms with Gasteiger partial charge in [0.2, 0.25) is 0 Å². The van der Waals surface area contributed by atoms with Crippen molar-refractivity contribution in [2.24, 2.45) is 0 Å². The summed E-state index contributed by atoms with van der Waals surface area (Å²) in [6.45, 7) is 3.76. The molecule has 0 radical (unpaired) electrons. The highest BCUT2D eigenvalue weighted by atomic mass is 35.5. The quantitative estimate of drug-likeness (QED) is 0.913. The van der Waals surface area contributed by atoms with Crippen LogP contribution in [-0.2, 0) is 0 Å². The lowest BCUT2D eigenvalue weighted by Crippen LogP contribution is -2.01. The zero-order valence-electron chi connectivity index (χ0n) is 9.76. The minimum Gasteiger partial charge on any atom is -0.387 e. The molecule has 2 rings (SSSR count). The van der Waals surface area contributed by atoms with Gasteiger partial charge in [0.1, 0.15) is 0 Å². The van der Waals surface area contributed by atoms with Crippen LogP contribution in [0.2, 0.25) is 5.02 Å². The van der Waals surface area contributed by atoms with E-state index in [1.165, 1.54) is 0 Å². The predicted molar refractivity (Wildman–Crippen MR) is 66.4 cm³/mol. The van der Waals surface area contributed by atoms with Crippen molar-refractivity contribution in [2.45, 2.75) is 26.4 Å². The Morgan fingerprint density at radius 1 is 1.47 bits per heavy atom. The summed E-state index contributed by atoms with van der Waals surface area (Å²) in [5, 5.41) is 14.5. The van der Waals surface area contributed by atoms with Crippen LogP contribution in [0.25, 0.3) is 5.69 Å². The highest BCUT2D eigenvalue weighted by Gasteiger charge is 2.08. The van der Waals surface area contributed by atoms with Crippen LogP contribution in [0.3, 0.4) is 0 Å². The molecule has 0 bridgehead atoms. The normalized spacial score (nSPS) is 12.7. The second-order valence-corrected chi connectivity index (χ2v) is 4.28. The number of nitrogens with zero attached hydrogens (tertiary/aromatic N) is 3. The number of aliphatic hydroxyl groups is 1. The number of aromatic nitrogens is 3. The van der Waals surface area contributed by atoms with Gasteiger partial charge in [-0.15, -0.1) is 0 Å². The molecule has 0 aliphatic rings. The monoisotopic (exact) mass is 251 g/mol. The van der Waals surface area contributed by atoms with Crippen molar-refractivity contribution in [3.05, 3.63) is 40.9 Å². The van der Waals surface area contributed by atoms with Gasteiger partial charge in [-0.1, -0.05) is 18.5 Å². The Hall–Kier alpha value is -1.39. The smallest absolute Gasteiger partial charge is 0.0957 e. The second-order valence-electron chi connectivity index (χ2n) is 3.87. The van der Waals surface area contributed by atoms with Crippen LogP contribution >= 0.6 is 11.6 Å². The van der Waals surface area contributed by atoms with Gasteiger partial charge in [0.05, 0.1) is 34.4 Å². The lowest BCUT2D eigenvalue weighted by atomic mass is 10.2. The highest BCUT2D eigenvalue weighted by molar-refractivity contribution is 6.31. The fourth-order valence-corrected chi connectivity index (χ4v) is 1.64. The lowest BCUT2D eigenvalue weighted by molar-refractivity contribution is 0.169. The van der Waals surface area contributed by atoms with Crippen LogP contribution in [0.5, 0.6) is 0 Å². The molecule has 5 heteroatoms. The van der Waals surface area contributed by atoms with Gasteiger partial charge in [-0.3, -0.25) is 4.98 Å². The average Bonchev–Trinajstić information content (AvgIpc) is 2.69. The van der Waals surface area contributed by atoms with Crippen molar-refractivity contribution in [3.63, 3.8) is 0 Å². The summed E-state index contributed by atoms with van der Waals surface area (Å²) in [5.41, 5.74) is 2.28. The topological polar surface area (TPSA) is 50.9 Å². The molecule has 0 saturated heterocycles. The SMILES string of the molecule is CCC(O)c1ccc(-n2cc(Cl)c(C)n2)cn1. The van der Waals surface area contributed by atoms with E-state index in [1.807, 2.05) is 19.9 Å². The molecular weight excluding hydrogens is 238 g/mol. The molecule has 1 unspecified atom stereocenters. The first kappa shape index (κ1) is 12.1. The molecule has 0 fully saturated rings. The van der Waals surface area contributed by atoms with E-state index >= 15 is 0 Å². The molecule has 0 aliphatic carbocycles. The Balaban J connectivity index is 2.29. The molecular formula is C12H14ClN3O. The van der Waals surface area contributed by atoms with Crippen LogP contribution < -0.4 is 0 Å². The van der Waals surface area contributed by atoms with Crippen LogP contribution in [0.4, 0.5) is 0 Å². The summed E-state index contributed by atoms with van der Waals surface area (Å²) in [6.07, 6.45) is 3.56. The van der Waals surface area contributed by atoms with Crippen molar-refractivity contribution in [1.82, 2.24) is 14.8 Å². The summed E-state index contributed by atoms with van der Waals surface area (Å²) in [6, 6.07) is 3.67. The van der Waals surface area contributed by atoms with Gasteiger partial charge in [-0.25, -0.2) is 4.68 Å². The molecule has 2 aromatic rings. The Bertz CT molecular complexity index is 487. The first-order valence-electron chi connectivity index (χ1n) is 5.48. The minimum absolute atomic E-state index is 0.507. The Labute approximate surface area is 105 Å². The van der Waals surface area contributed by atoms with Gasteiger partial charge >= 0.3 is 0 Å². The van der Waals surface area contributed by atoms with Gasteiger partial charge in [0.15, 0.2) is 0 Å². The Kier molecular flexibility index (Phi) is 3.45. The molecule has 2 aromatic heterocycles. The van der Waals surface area contributed by atoms with E-state index in [4.69, 9.17) is 11.6 Å². The van der Waals surface area contributed by atoms with Crippen LogP contribution in [0.1, 0.15) is 30.8 Å².